The largest absolute Gasteiger partial charge is 0.345 e. The lowest BCUT2D eigenvalue weighted by molar-refractivity contribution is 0.780. The predicted molar refractivity (Wildman–Crippen MR) is 256 cm³/mol. The molecule has 0 heterocycles. The van der Waals surface area contributed by atoms with Gasteiger partial charge in [-0.25, -0.2) is 0 Å². The molecular weight excluding hydrogens is 725 g/mol. The molecule has 1 spiro atoms. The number of fused-ring (bicyclic) bond motifs is 9. The molecule has 0 saturated heterocycles. The van der Waals surface area contributed by atoms with Gasteiger partial charge in [0.2, 0.25) is 0 Å². The fraction of sp³-hybridized carbons (Fsp3) is 0.103. The van der Waals surface area contributed by atoms with Crippen LogP contribution in [0.15, 0.2) is 230 Å². The molecule has 0 fully saturated rings. The van der Waals surface area contributed by atoms with Crippen LogP contribution in [-0.2, 0) is 5.41 Å². The molecule has 8 aromatic carbocycles. The molecule has 2 nitrogen and oxygen atoms in total. The van der Waals surface area contributed by atoms with Crippen LogP contribution in [0, 0.1) is 0 Å². The Bertz CT molecular complexity index is 2720. The molecule has 11 rings (SSSR count). The molecule has 60 heavy (non-hydrogen) atoms. The summed E-state index contributed by atoms with van der Waals surface area (Å²) in [5, 5.41) is 0. The number of allylic oxidation sites excluding steroid dienone is 4. The number of anilines is 5. The summed E-state index contributed by atoms with van der Waals surface area (Å²) in [6, 6.07) is 76.5. The fourth-order valence-electron chi connectivity index (χ4n) is 9.52. The number of para-hydroxylation sites is 3. The van der Waals surface area contributed by atoms with Gasteiger partial charge in [-0.05, 0) is 123 Å². The Morgan fingerprint density at radius 3 is 1.50 bits per heavy atom. The van der Waals surface area contributed by atoms with E-state index in [9.17, 15) is 0 Å². The summed E-state index contributed by atoms with van der Waals surface area (Å²) in [6.07, 6.45) is 6.98. The van der Waals surface area contributed by atoms with Crippen LogP contribution in [-0.4, -0.2) is 7.05 Å². The predicted octanol–water partition coefficient (Wildman–Crippen LogP) is 15.7. The van der Waals surface area contributed by atoms with Gasteiger partial charge in [-0.2, -0.15) is 0 Å². The van der Waals surface area contributed by atoms with Crippen molar-refractivity contribution in [2.75, 3.05) is 16.8 Å². The maximum absolute atomic E-state index is 2.43. The van der Waals surface area contributed by atoms with Gasteiger partial charge in [0.15, 0.2) is 0 Å². The van der Waals surface area contributed by atoms with E-state index < -0.39 is 0 Å². The highest BCUT2D eigenvalue weighted by Crippen LogP contribution is 2.64. The zero-order chi connectivity index (χ0) is 40.9. The van der Waals surface area contributed by atoms with Crippen LogP contribution < -0.4 is 9.80 Å². The average Bonchev–Trinajstić information content (AvgIpc) is 3.81. The van der Waals surface area contributed by atoms with Crippen LogP contribution >= 0.6 is 0 Å². The van der Waals surface area contributed by atoms with Crippen molar-refractivity contribution >= 4 is 34.0 Å². The standard InChI is InChI=1S/C50H38N2.C6H6.C2H6/c1-51(36-18-5-2-6-19-36)39-32-35(33-40(34-39)52(37-20-7-3-8-21-37)38-22-9-4-10-23-38)41-27-17-31-48-49(41)44-26-13-16-30-47(44)50(48)45-28-14-11-24-42(45)43-25-12-15-29-46(43)50;1-2-4-6-5-3-1;1-2/h2-11,13-24,26-34H,12,25H2,1H3;1-6H;1-2H3. The number of hydrogen-bond donors (Lipinski definition) is 0. The Labute approximate surface area is 356 Å². The van der Waals surface area contributed by atoms with Crippen molar-refractivity contribution in [2.24, 2.45) is 0 Å². The Balaban J connectivity index is 0.000000527. The zero-order valence-corrected chi connectivity index (χ0v) is 34.7. The molecule has 0 bridgehead atoms. The first-order chi connectivity index (χ1) is 29.7. The lowest BCUT2D eigenvalue weighted by Gasteiger charge is -2.32. The molecule has 0 N–H and O–H groups in total. The molecule has 3 aliphatic rings. The maximum atomic E-state index is 2.43. The average molecular weight is 775 g/mol. The quantitative estimate of drug-likeness (QED) is 0.166. The van der Waals surface area contributed by atoms with Gasteiger partial charge in [-0.15, -0.1) is 0 Å². The first-order valence-electron chi connectivity index (χ1n) is 21.3. The Kier molecular flexibility index (Phi) is 10.9. The third kappa shape index (κ3) is 6.65. The maximum Gasteiger partial charge on any atom is 0.0722 e. The van der Waals surface area contributed by atoms with E-state index in [1.54, 1.807) is 0 Å². The second kappa shape index (κ2) is 17.0. The zero-order valence-electron chi connectivity index (χ0n) is 34.7. The molecule has 8 aromatic rings. The Morgan fingerprint density at radius 1 is 0.417 bits per heavy atom. The molecule has 2 heteroatoms. The highest BCUT2D eigenvalue weighted by atomic mass is 15.2. The summed E-state index contributed by atoms with van der Waals surface area (Å²) in [6.45, 7) is 4.00. The minimum atomic E-state index is -0.341. The minimum Gasteiger partial charge on any atom is -0.345 e. The normalized spacial score (nSPS) is 15.1. The Morgan fingerprint density at radius 2 is 0.883 bits per heavy atom. The van der Waals surface area contributed by atoms with Crippen LogP contribution in [0.2, 0.25) is 0 Å². The second-order valence-corrected chi connectivity index (χ2v) is 15.2. The van der Waals surface area contributed by atoms with Crippen LogP contribution in [0.3, 0.4) is 0 Å². The molecule has 1 atom stereocenters. The number of benzene rings is 8. The van der Waals surface area contributed by atoms with Crippen molar-refractivity contribution in [2.45, 2.75) is 32.1 Å². The highest BCUT2D eigenvalue weighted by molar-refractivity contribution is 6.01. The van der Waals surface area contributed by atoms with E-state index in [1.165, 1.54) is 55.7 Å². The fourth-order valence-corrected chi connectivity index (χ4v) is 9.52. The summed E-state index contributed by atoms with van der Waals surface area (Å²) in [7, 11) is 2.17. The molecule has 1 unspecified atom stereocenters. The van der Waals surface area contributed by atoms with E-state index in [4.69, 9.17) is 0 Å². The molecule has 0 radical (unpaired) electrons. The van der Waals surface area contributed by atoms with Crippen molar-refractivity contribution in [1.29, 1.82) is 0 Å². The number of nitrogens with zero attached hydrogens (tertiary/aromatic N) is 2. The lowest BCUT2D eigenvalue weighted by Crippen LogP contribution is -2.27. The number of hydrogen-bond acceptors (Lipinski definition) is 2. The van der Waals surface area contributed by atoms with Crippen LogP contribution in [0.4, 0.5) is 28.4 Å². The van der Waals surface area contributed by atoms with Crippen molar-refractivity contribution < 1.29 is 0 Å². The van der Waals surface area contributed by atoms with E-state index in [0.29, 0.717) is 0 Å². The van der Waals surface area contributed by atoms with Gasteiger partial charge in [-0.1, -0.05) is 184 Å². The molecule has 292 valence electrons. The monoisotopic (exact) mass is 774 g/mol. The number of rotatable bonds is 6. The van der Waals surface area contributed by atoms with Crippen molar-refractivity contribution in [3.05, 3.63) is 252 Å². The summed E-state index contributed by atoms with van der Waals surface area (Å²) in [5.41, 5.74) is 18.9. The topological polar surface area (TPSA) is 6.48 Å². The first kappa shape index (κ1) is 38.4. The molecule has 3 aliphatic carbocycles. The van der Waals surface area contributed by atoms with Gasteiger partial charge < -0.3 is 9.80 Å². The van der Waals surface area contributed by atoms with Crippen LogP contribution in [0.5, 0.6) is 0 Å². The molecular formula is C58H50N2. The molecule has 0 aromatic heterocycles. The molecule has 0 aliphatic heterocycles. The summed E-state index contributed by atoms with van der Waals surface area (Å²) in [5.74, 6) is 0. The van der Waals surface area contributed by atoms with Crippen LogP contribution in [0.1, 0.15) is 48.9 Å². The smallest absolute Gasteiger partial charge is 0.0722 e. The second-order valence-electron chi connectivity index (χ2n) is 15.2. The summed E-state index contributed by atoms with van der Waals surface area (Å²) in [4.78, 5) is 4.68. The molecule has 0 amide bonds. The molecule has 0 saturated carbocycles. The third-order valence-corrected chi connectivity index (χ3v) is 12.0. The van der Waals surface area contributed by atoms with Gasteiger partial charge in [-0.3, -0.25) is 0 Å². The Hall–Kier alpha value is -7.16. The van der Waals surface area contributed by atoms with Gasteiger partial charge in [0.1, 0.15) is 0 Å². The van der Waals surface area contributed by atoms with Gasteiger partial charge in [0, 0.05) is 35.5 Å². The van der Waals surface area contributed by atoms with Crippen molar-refractivity contribution in [3.8, 4) is 22.3 Å². The van der Waals surface area contributed by atoms with Crippen molar-refractivity contribution in [3.63, 3.8) is 0 Å². The van der Waals surface area contributed by atoms with E-state index in [0.717, 1.165) is 41.3 Å². The van der Waals surface area contributed by atoms with E-state index in [1.807, 2.05) is 50.2 Å². The third-order valence-electron chi connectivity index (χ3n) is 12.0. The van der Waals surface area contributed by atoms with Gasteiger partial charge in [0.25, 0.3) is 0 Å². The van der Waals surface area contributed by atoms with E-state index >= 15 is 0 Å². The van der Waals surface area contributed by atoms with Gasteiger partial charge in [0.05, 0.1) is 5.41 Å². The first-order valence-corrected chi connectivity index (χ1v) is 21.3. The lowest BCUT2D eigenvalue weighted by atomic mass is 9.69. The van der Waals surface area contributed by atoms with Crippen molar-refractivity contribution in [1.82, 2.24) is 0 Å². The van der Waals surface area contributed by atoms with E-state index in [2.05, 4.69) is 205 Å². The van der Waals surface area contributed by atoms with Crippen LogP contribution in [0.25, 0.3) is 27.8 Å². The summed E-state index contributed by atoms with van der Waals surface area (Å²) >= 11 is 0. The van der Waals surface area contributed by atoms with E-state index in [-0.39, 0.29) is 5.41 Å². The summed E-state index contributed by atoms with van der Waals surface area (Å²) < 4.78 is 0. The highest BCUT2D eigenvalue weighted by Gasteiger charge is 2.52. The SMILES string of the molecule is CC.CN(c1ccccc1)c1cc(-c2cccc3c2-c2ccccc2C32C3=C(CCC=C3)c3ccccc32)cc(N(c2ccccc2)c2ccccc2)c1.c1ccccc1. The van der Waals surface area contributed by atoms with Gasteiger partial charge >= 0.3 is 0 Å². The minimum absolute atomic E-state index is 0.341.